The lowest BCUT2D eigenvalue weighted by Gasteiger charge is -2.22. The normalized spacial score (nSPS) is 19.4. The van der Waals surface area contributed by atoms with Crippen LogP contribution in [-0.2, 0) is 6.54 Å². The Morgan fingerprint density at radius 1 is 1.05 bits per heavy atom. The monoisotopic (exact) mass is 341 g/mol. The van der Waals surface area contributed by atoms with Gasteiger partial charge in [-0.1, -0.05) is 76.6 Å². The number of hydrogen-bond acceptors (Lipinski definition) is 1. The second-order valence-electron chi connectivity index (χ2n) is 5.55. The molecule has 0 bridgehead atoms. The fourth-order valence-corrected chi connectivity index (χ4v) is 3.33. The highest BCUT2D eigenvalue weighted by Crippen LogP contribution is 2.23. The first-order valence-electron chi connectivity index (χ1n) is 7.53. The van der Waals surface area contributed by atoms with E-state index in [1.165, 1.54) is 30.5 Å². The van der Waals surface area contributed by atoms with Crippen molar-refractivity contribution in [3.63, 3.8) is 0 Å². The van der Waals surface area contributed by atoms with Crippen molar-refractivity contribution < 1.29 is 0 Å². The molecule has 1 nitrogen and oxygen atoms in total. The van der Waals surface area contributed by atoms with Gasteiger partial charge in [0.1, 0.15) is 0 Å². The summed E-state index contributed by atoms with van der Waals surface area (Å²) in [5.41, 5.74) is 2.66. The molecule has 0 spiro atoms. The van der Waals surface area contributed by atoms with Gasteiger partial charge in [0.15, 0.2) is 0 Å². The van der Waals surface area contributed by atoms with E-state index in [0.29, 0.717) is 6.04 Å². The second kappa shape index (κ2) is 7.06. The molecule has 2 aromatic rings. The van der Waals surface area contributed by atoms with Crippen molar-refractivity contribution in [2.45, 2.75) is 25.4 Å². The Kier molecular flexibility index (Phi) is 4.89. The second-order valence-corrected chi connectivity index (χ2v) is 6.40. The molecular formula is C19H20BrN. The average molecular weight is 342 g/mol. The summed E-state index contributed by atoms with van der Waals surface area (Å²) in [7, 11) is 0. The summed E-state index contributed by atoms with van der Waals surface area (Å²) in [5, 5.41) is 0. The molecule has 0 saturated carbocycles. The predicted octanol–water partition coefficient (Wildman–Crippen LogP) is 5.13. The van der Waals surface area contributed by atoms with Crippen LogP contribution in [-0.4, -0.2) is 17.5 Å². The zero-order valence-corrected chi connectivity index (χ0v) is 13.7. The molecule has 0 radical (unpaired) electrons. The average Bonchev–Trinajstić information content (AvgIpc) is 2.95. The van der Waals surface area contributed by atoms with Gasteiger partial charge in [-0.2, -0.15) is 0 Å². The van der Waals surface area contributed by atoms with Gasteiger partial charge >= 0.3 is 0 Å². The van der Waals surface area contributed by atoms with Crippen molar-refractivity contribution in [2.24, 2.45) is 0 Å². The largest absolute Gasteiger partial charge is 0.293 e. The van der Waals surface area contributed by atoms with Gasteiger partial charge in [-0.15, -0.1) is 0 Å². The molecule has 1 unspecified atom stereocenters. The molecule has 2 aromatic carbocycles. The van der Waals surface area contributed by atoms with Gasteiger partial charge in [-0.25, -0.2) is 0 Å². The molecule has 0 aliphatic carbocycles. The Balaban J connectivity index is 1.68. The van der Waals surface area contributed by atoms with Crippen molar-refractivity contribution in [1.29, 1.82) is 0 Å². The van der Waals surface area contributed by atoms with Crippen LogP contribution in [0.2, 0.25) is 0 Å². The third-order valence-electron chi connectivity index (χ3n) is 4.05. The van der Waals surface area contributed by atoms with E-state index in [4.69, 9.17) is 0 Å². The van der Waals surface area contributed by atoms with Crippen LogP contribution < -0.4 is 0 Å². The van der Waals surface area contributed by atoms with Crippen LogP contribution in [0.5, 0.6) is 0 Å². The fourth-order valence-electron chi connectivity index (χ4n) is 2.91. The molecule has 0 amide bonds. The number of halogens is 1. The molecule has 2 heteroatoms. The van der Waals surface area contributed by atoms with E-state index in [-0.39, 0.29) is 0 Å². The minimum atomic E-state index is 0.553. The van der Waals surface area contributed by atoms with Gasteiger partial charge in [0.25, 0.3) is 0 Å². The van der Waals surface area contributed by atoms with E-state index in [2.05, 4.69) is 87.6 Å². The fraction of sp³-hybridized carbons (Fsp3) is 0.263. The van der Waals surface area contributed by atoms with Crippen molar-refractivity contribution in [3.8, 4) is 0 Å². The first kappa shape index (κ1) is 14.6. The van der Waals surface area contributed by atoms with Crippen LogP contribution in [0, 0.1) is 0 Å². The molecule has 0 aromatic heterocycles. The lowest BCUT2D eigenvalue weighted by molar-refractivity contribution is 0.282. The number of benzene rings is 2. The van der Waals surface area contributed by atoms with Gasteiger partial charge in [-0.05, 0) is 36.6 Å². The van der Waals surface area contributed by atoms with E-state index in [1.54, 1.807) is 0 Å². The summed E-state index contributed by atoms with van der Waals surface area (Å²) in [4.78, 5) is 2.57. The van der Waals surface area contributed by atoms with Gasteiger partial charge < -0.3 is 0 Å². The summed E-state index contributed by atoms with van der Waals surface area (Å²) < 4.78 is 1.16. The van der Waals surface area contributed by atoms with Crippen LogP contribution in [0.3, 0.4) is 0 Å². The summed E-state index contributed by atoms with van der Waals surface area (Å²) in [6.07, 6.45) is 7.15. The smallest absolute Gasteiger partial charge is 0.0285 e. The maximum atomic E-state index is 3.61. The third kappa shape index (κ3) is 3.84. The molecule has 1 saturated heterocycles. The molecule has 1 aliphatic rings. The van der Waals surface area contributed by atoms with Crippen LogP contribution in [0.15, 0.2) is 65.1 Å². The lowest BCUT2D eigenvalue weighted by atomic mass is 10.1. The van der Waals surface area contributed by atoms with Crippen molar-refractivity contribution in [3.05, 3.63) is 76.3 Å². The van der Waals surface area contributed by atoms with Crippen molar-refractivity contribution in [1.82, 2.24) is 4.90 Å². The molecule has 0 N–H and O–H groups in total. The zero-order valence-electron chi connectivity index (χ0n) is 12.1. The highest BCUT2D eigenvalue weighted by Gasteiger charge is 2.21. The molecule has 21 heavy (non-hydrogen) atoms. The molecule has 108 valence electrons. The number of likely N-dealkylation sites (tertiary alicyclic amines) is 1. The topological polar surface area (TPSA) is 3.24 Å². The highest BCUT2D eigenvalue weighted by molar-refractivity contribution is 9.10. The number of rotatable bonds is 4. The maximum Gasteiger partial charge on any atom is 0.0285 e. The quantitative estimate of drug-likeness (QED) is 0.745. The van der Waals surface area contributed by atoms with Crippen molar-refractivity contribution >= 4 is 22.0 Å². The van der Waals surface area contributed by atoms with Crippen molar-refractivity contribution in [2.75, 3.05) is 6.54 Å². The minimum Gasteiger partial charge on any atom is -0.293 e. The summed E-state index contributed by atoms with van der Waals surface area (Å²) >= 11 is 3.61. The minimum absolute atomic E-state index is 0.553. The van der Waals surface area contributed by atoms with Gasteiger partial charge in [0.05, 0.1) is 0 Å². The molecule has 3 rings (SSSR count). The van der Waals surface area contributed by atoms with Crippen LogP contribution >= 0.6 is 15.9 Å². The SMILES string of the molecule is Brc1ccccc1/C=C/C1CCCN1Cc1ccccc1. The standard InChI is InChI=1S/C19H20BrN/c20-19-11-5-4-9-17(19)12-13-18-10-6-14-21(18)15-16-7-2-1-3-8-16/h1-5,7-9,11-13,18H,6,10,14-15H2/b13-12+. The zero-order chi connectivity index (χ0) is 14.5. The molecule has 1 aliphatic heterocycles. The van der Waals surface area contributed by atoms with E-state index in [0.717, 1.165) is 11.0 Å². The first-order chi connectivity index (χ1) is 10.3. The van der Waals surface area contributed by atoms with E-state index < -0.39 is 0 Å². The van der Waals surface area contributed by atoms with Crippen LogP contribution in [0.25, 0.3) is 6.08 Å². The highest BCUT2D eigenvalue weighted by atomic mass is 79.9. The maximum absolute atomic E-state index is 3.61. The predicted molar refractivity (Wildman–Crippen MR) is 93.1 cm³/mol. The molecule has 1 heterocycles. The molecular weight excluding hydrogens is 322 g/mol. The number of hydrogen-bond donors (Lipinski definition) is 0. The lowest BCUT2D eigenvalue weighted by Crippen LogP contribution is -2.27. The van der Waals surface area contributed by atoms with Gasteiger partial charge in [0, 0.05) is 17.1 Å². The Labute approximate surface area is 135 Å². The van der Waals surface area contributed by atoms with E-state index >= 15 is 0 Å². The summed E-state index contributed by atoms with van der Waals surface area (Å²) in [6, 6.07) is 19.7. The Morgan fingerprint density at radius 3 is 2.62 bits per heavy atom. The Hall–Kier alpha value is -1.38. The Bertz CT molecular complexity index is 606. The Morgan fingerprint density at radius 2 is 1.81 bits per heavy atom. The van der Waals surface area contributed by atoms with Crippen LogP contribution in [0.1, 0.15) is 24.0 Å². The molecule has 1 atom stereocenters. The van der Waals surface area contributed by atoms with Gasteiger partial charge in [0.2, 0.25) is 0 Å². The third-order valence-corrected chi connectivity index (χ3v) is 4.77. The molecule has 1 fully saturated rings. The number of nitrogens with zero attached hydrogens (tertiary/aromatic N) is 1. The summed E-state index contributed by atoms with van der Waals surface area (Å²) in [6.45, 7) is 2.24. The van der Waals surface area contributed by atoms with E-state index in [9.17, 15) is 0 Å². The van der Waals surface area contributed by atoms with Crippen LogP contribution in [0.4, 0.5) is 0 Å². The van der Waals surface area contributed by atoms with Gasteiger partial charge in [-0.3, -0.25) is 4.90 Å². The van der Waals surface area contributed by atoms with E-state index in [1.807, 2.05) is 0 Å². The first-order valence-corrected chi connectivity index (χ1v) is 8.33. The summed E-state index contributed by atoms with van der Waals surface area (Å²) in [5.74, 6) is 0.